The molecule has 1 aliphatic rings. The first-order valence-electron chi connectivity index (χ1n) is 7.49. The number of carbonyl (C=O) groups excluding carboxylic acids is 1. The van der Waals surface area contributed by atoms with Gasteiger partial charge in [0.05, 0.1) is 24.1 Å². The zero-order chi connectivity index (χ0) is 16.3. The third kappa shape index (κ3) is 4.30. The quantitative estimate of drug-likeness (QED) is 0.788. The number of hydrogen-bond donors (Lipinski definition) is 1. The predicted octanol–water partition coefficient (Wildman–Crippen LogP) is -0.105. The van der Waals surface area contributed by atoms with Crippen molar-refractivity contribution < 1.29 is 13.2 Å². The first-order chi connectivity index (χ1) is 10.3. The summed E-state index contributed by atoms with van der Waals surface area (Å²) in [7, 11) is -1.30. The SMILES string of the molecule is C[C@H](Cn1cccn1)N[C@@H](C)C(=O)N(C)[C@@H]1CCS(=O)(=O)C1. The Bertz CT molecular complexity index is 600. The molecule has 0 radical (unpaired) electrons. The summed E-state index contributed by atoms with van der Waals surface area (Å²) in [5, 5.41) is 7.38. The molecule has 0 unspecified atom stereocenters. The molecule has 0 saturated carbocycles. The normalized spacial score (nSPS) is 23.1. The van der Waals surface area contributed by atoms with Gasteiger partial charge in [0, 0.05) is 31.5 Å². The third-order valence-electron chi connectivity index (χ3n) is 4.03. The van der Waals surface area contributed by atoms with Crippen LogP contribution in [0.15, 0.2) is 18.5 Å². The summed E-state index contributed by atoms with van der Waals surface area (Å²) < 4.78 is 24.9. The number of sulfone groups is 1. The highest BCUT2D eigenvalue weighted by atomic mass is 32.2. The maximum Gasteiger partial charge on any atom is 0.239 e. The molecule has 1 N–H and O–H groups in total. The number of rotatable bonds is 6. The Morgan fingerprint density at radius 2 is 2.23 bits per heavy atom. The lowest BCUT2D eigenvalue weighted by Crippen LogP contribution is -2.50. The Labute approximate surface area is 131 Å². The fourth-order valence-corrected chi connectivity index (χ4v) is 4.58. The van der Waals surface area contributed by atoms with Crippen LogP contribution in [0.25, 0.3) is 0 Å². The molecule has 1 aliphatic heterocycles. The maximum absolute atomic E-state index is 12.4. The summed E-state index contributed by atoms with van der Waals surface area (Å²) in [6.45, 7) is 4.47. The molecular weight excluding hydrogens is 304 g/mol. The van der Waals surface area contributed by atoms with Crippen molar-refractivity contribution >= 4 is 15.7 Å². The number of likely N-dealkylation sites (N-methyl/N-ethyl adjacent to an activating group) is 1. The van der Waals surface area contributed by atoms with Crippen LogP contribution in [0.2, 0.25) is 0 Å². The molecule has 0 aromatic carbocycles. The van der Waals surface area contributed by atoms with Gasteiger partial charge in [-0.2, -0.15) is 5.10 Å². The van der Waals surface area contributed by atoms with E-state index in [2.05, 4.69) is 10.4 Å². The molecule has 1 aromatic heterocycles. The molecular formula is C14H24N4O3S. The van der Waals surface area contributed by atoms with Crippen LogP contribution >= 0.6 is 0 Å². The average Bonchev–Trinajstić information content (AvgIpc) is 3.06. The Morgan fingerprint density at radius 3 is 2.77 bits per heavy atom. The van der Waals surface area contributed by atoms with Crippen LogP contribution in [0.4, 0.5) is 0 Å². The van der Waals surface area contributed by atoms with Crippen LogP contribution in [0.1, 0.15) is 20.3 Å². The van der Waals surface area contributed by atoms with Gasteiger partial charge in [-0.1, -0.05) is 0 Å². The van der Waals surface area contributed by atoms with E-state index in [0.717, 1.165) is 0 Å². The predicted molar refractivity (Wildman–Crippen MR) is 84.1 cm³/mol. The van der Waals surface area contributed by atoms with Crippen LogP contribution in [-0.4, -0.2) is 65.7 Å². The Morgan fingerprint density at radius 1 is 1.50 bits per heavy atom. The molecule has 1 amide bonds. The maximum atomic E-state index is 12.4. The summed E-state index contributed by atoms with van der Waals surface area (Å²) in [6.07, 6.45) is 4.12. The highest BCUT2D eigenvalue weighted by Crippen LogP contribution is 2.17. The third-order valence-corrected chi connectivity index (χ3v) is 5.78. The van der Waals surface area contributed by atoms with Gasteiger partial charge < -0.3 is 10.2 Å². The lowest BCUT2D eigenvalue weighted by molar-refractivity contribution is -0.133. The molecule has 124 valence electrons. The molecule has 0 bridgehead atoms. The van der Waals surface area contributed by atoms with Crippen molar-refractivity contribution in [2.75, 3.05) is 18.6 Å². The van der Waals surface area contributed by atoms with E-state index in [1.165, 1.54) is 0 Å². The van der Waals surface area contributed by atoms with Crippen molar-refractivity contribution in [3.63, 3.8) is 0 Å². The van der Waals surface area contributed by atoms with Crippen LogP contribution in [0.5, 0.6) is 0 Å². The van der Waals surface area contributed by atoms with Gasteiger partial charge in [-0.15, -0.1) is 0 Å². The zero-order valence-corrected chi connectivity index (χ0v) is 14.1. The summed E-state index contributed by atoms with van der Waals surface area (Å²) in [4.78, 5) is 14.0. The van der Waals surface area contributed by atoms with Gasteiger partial charge in [0.25, 0.3) is 0 Å². The monoisotopic (exact) mass is 328 g/mol. The zero-order valence-electron chi connectivity index (χ0n) is 13.3. The molecule has 3 atom stereocenters. The first kappa shape index (κ1) is 17.0. The molecule has 0 spiro atoms. The number of amides is 1. The van der Waals surface area contributed by atoms with Crippen LogP contribution in [0, 0.1) is 0 Å². The molecule has 1 saturated heterocycles. The fourth-order valence-electron chi connectivity index (χ4n) is 2.81. The van der Waals surface area contributed by atoms with E-state index in [0.29, 0.717) is 13.0 Å². The number of nitrogens with zero attached hydrogens (tertiary/aromatic N) is 3. The molecule has 1 fully saturated rings. The van der Waals surface area contributed by atoms with E-state index in [1.807, 2.05) is 30.8 Å². The van der Waals surface area contributed by atoms with Gasteiger partial charge in [0.15, 0.2) is 9.84 Å². The molecule has 2 heterocycles. The molecule has 8 heteroatoms. The summed E-state index contributed by atoms with van der Waals surface area (Å²) in [5.41, 5.74) is 0. The van der Waals surface area contributed by atoms with Crippen molar-refractivity contribution in [2.24, 2.45) is 0 Å². The van der Waals surface area contributed by atoms with Crippen LogP contribution in [-0.2, 0) is 21.2 Å². The topological polar surface area (TPSA) is 84.3 Å². The van der Waals surface area contributed by atoms with Crippen molar-refractivity contribution in [1.29, 1.82) is 0 Å². The summed E-state index contributed by atoms with van der Waals surface area (Å²) in [6, 6.07) is 1.37. The fraction of sp³-hybridized carbons (Fsp3) is 0.714. The van der Waals surface area contributed by atoms with E-state index in [1.54, 1.807) is 18.1 Å². The summed E-state index contributed by atoms with van der Waals surface area (Å²) in [5.74, 6) is 0.173. The number of nitrogens with one attached hydrogen (secondary N) is 1. The van der Waals surface area contributed by atoms with Crippen molar-refractivity contribution in [3.8, 4) is 0 Å². The molecule has 0 aliphatic carbocycles. The van der Waals surface area contributed by atoms with Crippen LogP contribution < -0.4 is 5.32 Å². The van der Waals surface area contributed by atoms with Crippen molar-refractivity contribution in [3.05, 3.63) is 18.5 Å². The van der Waals surface area contributed by atoms with Crippen molar-refractivity contribution in [1.82, 2.24) is 20.0 Å². The Kier molecular flexibility index (Phi) is 5.23. The standard InChI is InChI=1S/C14H24N4O3S/c1-11(9-18-7-4-6-15-18)16-12(2)14(19)17(3)13-5-8-22(20,21)10-13/h4,6-7,11-13,16H,5,8-10H2,1-3H3/t11-,12+,13-/m1/s1. The highest BCUT2D eigenvalue weighted by molar-refractivity contribution is 7.91. The number of aromatic nitrogens is 2. The average molecular weight is 328 g/mol. The minimum Gasteiger partial charge on any atom is -0.340 e. The first-order valence-corrected chi connectivity index (χ1v) is 9.31. The van der Waals surface area contributed by atoms with Gasteiger partial charge >= 0.3 is 0 Å². The van der Waals surface area contributed by atoms with Gasteiger partial charge in [0.1, 0.15) is 0 Å². The van der Waals surface area contributed by atoms with E-state index >= 15 is 0 Å². The molecule has 7 nitrogen and oxygen atoms in total. The van der Waals surface area contributed by atoms with E-state index in [4.69, 9.17) is 0 Å². The molecule has 22 heavy (non-hydrogen) atoms. The minimum atomic E-state index is -2.98. The highest BCUT2D eigenvalue weighted by Gasteiger charge is 2.34. The van der Waals surface area contributed by atoms with E-state index < -0.39 is 9.84 Å². The lowest BCUT2D eigenvalue weighted by atomic mass is 10.2. The number of hydrogen-bond acceptors (Lipinski definition) is 5. The summed E-state index contributed by atoms with van der Waals surface area (Å²) >= 11 is 0. The largest absolute Gasteiger partial charge is 0.340 e. The van der Waals surface area contributed by atoms with Gasteiger partial charge in [-0.25, -0.2) is 8.42 Å². The second-order valence-electron chi connectivity index (χ2n) is 6.02. The Hall–Kier alpha value is -1.41. The van der Waals surface area contributed by atoms with Gasteiger partial charge in [-0.3, -0.25) is 9.48 Å². The lowest BCUT2D eigenvalue weighted by Gasteiger charge is -2.28. The van der Waals surface area contributed by atoms with Crippen molar-refractivity contribution in [2.45, 2.75) is 44.9 Å². The van der Waals surface area contributed by atoms with Gasteiger partial charge in [-0.05, 0) is 26.3 Å². The number of carbonyl (C=O) groups is 1. The second-order valence-corrected chi connectivity index (χ2v) is 8.25. The Balaban J connectivity index is 1.86. The smallest absolute Gasteiger partial charge is 0.239 e. The van der Waals surface area contributed by atoms with E-state index in [9.17, 15) is 13.2 Å². The van der Waals surface area contributed by atoms with Gasteiger partial charge in [0.2, 0.25) is 5.91 Å². The second kappa shape index (κ2) is 6.78. The molecule has 1 aromatic rings. The molecule has 2 rings (SSSR count). The minimum absolute atomic E-state index is 0.0742. The van der Waals surface area contributed by atoms with Crippen LogP contribution in [0.3, 0.4) is 0 Å². The van der Waals surface area contributed by atoms with E-state index in [-0.39, 0.29) is 35.5 Å².